The van der Waals surface area contributed by atoms with Crippen LogP contribution in [0.2, 0.25) is 0 Å². The van der Waals surface area contributed by atoms with Crippen molar-refractivity contribution in [1.82, 2.24) is 4.90 Å². The number of carbonyl (C=O) groups excluding carboxylic acids is 1. The fraction of sp³-hybridized carbons (Fsp3) is 0.417. The molecule has 16 heavy (non-hydrogen) atoms. The molecule has 0 radical (unpaired) electrons. The molecule has 0 bridgehead atoms. The maximum absolute atomic E-state index is 11.9. The van der Waals surface area contributed by atoms with Gasteiger partial charge in [0.25, 0.3) is 5.91 Å². The number of rotatable bonds is 4. The molecule has 1 aromatic rings. The lowest BCUT2D eigenvalue weighted by Gasteiger charge is -2.20. The third-order valence-electron chi connectivity index (χ3n) is 2.45. The number of hydrogen-bond donors (Lipinski definition) is 2. The topological polar surface area (TPSA) is 66.6 Å². The zero-order chi connectivity index (χ0) is 12.1. The van der Waals surface area contributed by atoms with E-state index < -0.39 is 0 Å². The van der Waals surface area contributed by atoms with E-state index in [0.717, 1.165) is 0 Å². The van der Waals surface area contributed by atoms with Gasteiger partial charge in [-0.2, -0.15) is 0 Å². The molecule has 1 aromatic carbocycles. The Morgan fingerprint density at radius 3 is 2.50 bits per heavy atom. The lowest BCUT2D eigenvalue weighted by atomic mass is 10.1. The van der Waals surface area contributed by atoms with E-state index in [1.807, 2.05) is 6.92 Å². The summed E-state index contributed by atoms with van der Waals surface area (Å²) in [5.41, 5.74) is 6.08. The molecule has 0 saturated heterocycles. The largest absolute Gasteiger partial charge is 0.508 e. The predicted octanol–water partition coefficient (Wildman–Crippen LogP) is 1.06. The Morgan fingerprint density at radius 2 is 2.00 bits per heavy atom. The van der Waals surface area contributed by atoms with Crippen LogP contribution >= 0.6 is 0 Å². The molecular weight excluding hydrogens is 204 g/mol. The first-order valence-electron chi connectivity index (χ1n) is 5.29. The standard InChI is InChI=1S/C12H18N2O2/c1-9(7-13)8-14(2)12(16)10-3-5-11(15)6-4-10/h3-6,9,15H,7-8,13H2,1-2H3. The molecule has 4 nitrogen and oxygen atoms in total. The van der Waals surface area contributed by atoms with Crippen LogP contribution < -0.4 is 5.73 Å². The lowest BCUT2D eigenvalue weighted by molar-refractivity contribution is 0.0777. The van der Waals surface area contributed by atoms with E-state index in [1.54, 1.807) is 24.1 Å². The van der Waals surface area contributed by atoms with Crippen molar-refractivity contribution in [2.45, 2.75) is 6.92 Å². The Balaban J connectivity index is 2.67. The average Bonchev–Trinajstić information content (AvgIpc) is 2.28. The Morgan fingerprint density at radius 1 is 1.44 bits per heavy atom. The molecule has 0 heterocycles. The van der Waals surface area contributed by atoms with Crippen molar-refractivity contribution in [3.63, 3.8) is 0 Å². The van der Waals surface area contributed by atoms with Crippen LogP contribution in [0.4, 0.5) is 0 Å². The molecule has 0 aliphatic carbocycles. The van der Waals surface area contributed by atoms with Gasteiger partial charge in [0.2, 0.25) is 0 Å². The molecular formula is C12H18N2O2. The summed E-state index contributed by atoms with van der Waals surface area (Å²) in [6, 6.07) is 6.24. The minimum absolute atomic E-state index is 0.0553. The predicted molar refractivity (Wildman–Crippen MR) is 63.3 cm³/mol. The SMILES string of the molecule is CC(CN)CN(C)C(=O)c1ccc(O)cc1. The van der Waals surface area contributed by atoms with E-state index in [2.05, 4.69) is 0 Å². The van der Waals surface area contributed by atoms with Gasteiger partial charge in [-0.3, -0.25) is 4.79 Å². The number of benzene rings is 1. The number of phenols is 1. The fourth-order valence-electron chi connectivity index (χ4n) is 1.45. The highest BCUT2D eigenvalue weighted by molar-refractivity contribution is 5.94. The minimum Gasteiger partial charge on any atom is -0.508 e. The number of aromatic hydroxyl groups is 1. The molecule has 0 saturated carbocycles. The van der Waals surface area contributed by atoms with Crippen LogP contribution in [0.3, 0.4) is 0 Å². The average molecular weight is 222 g/mol. The molecule has 1 unspecified atom stereocenters. The van der Waals surface area contributed by atoms with Gasteiger partial charge in [-0.1, -0.05) is 6.92 Å². The summed E-state index contributed by atoms with van der Waals surface area (Å²) < 4.78 is 0. The second-order valence-corrected chi connectivity index (χ2v) is 4.07. The molecule has 1 atom stereocenters. The fourth-order valence-corrected chi connectivity index (χ4v) is 1.45. The first-order chi connectivity index (χ1) is 7.54. The summed E-state index contributed by atoms with van der Waals surface area (Å²) in [6.45, 7) is 3.20. The third-order valence-corrected chi connectivity index (χ3v) is 2.45. The number of amides is 1. The minimum atomic E-state index is -0.0553. The molecule has 0 spiro atoms. The summed E-state index contributed by atoms with van der Waals surface area (Å²) in [7, 11) is 1.75. The molecule has 1 rings (SSSR count). The van der Waals surface area contributed by atoms with Gasteiger partial charge in [-0.15, -0.1) is 0 Å². The van der Waals surface area contributed by atoms with Crippen molar-refractivity contribution in [3.8, 4) is 5.75 Å². The highest BCUT2D eigenvalue weighted by Gasteiger charge is 2.13. The summed E-state index contributed by atoms with van der Waals surface area (Å²) >= 11 is 0. The third kappa shape index (κ3) is 3.24. The quantitative estimate of drug-likeness (QED) is 0.800. The summed E-state index contributed by atoms with van der Waals surface area (Å²) in [4.78, 5) is 13.6. The van der Waals surface area contributed by atoms with Gasteiger partial charge >= 0.3 is 0 Å². The first kappa shape index (κ1) is 12.5. The van der Waals surface area contributed by atoms with E-state index in [1.165, 1.54) is 12.1 Å². The second-order valence-electron chi connectivity index (χ2n) is 4.07. The number of phenolic OH excluding ortho intramolecular Hbond substituents is 1. The smallest absolute Gasteiger partial charge is 0.253 e. The monoisotopic (exact) mass is 222 g/mol. The van der Waals surface area contributed by atoms with Crippen molar-refractivity contribution >= 4 is 5.91 Å². The van der Waals surface area contributed by atoms with Gasteiger partial charge < -0.3 is 15.7 Å². The van der Waals surface area contributed by atoms with Crippen LogP contribution in [-0.2, 0) is 0 Å². The molecule has 3 N–H and O–H groups in total. The van der Waals surface area contributed by atoms with Crippen molar-refractivity contribution in [3.05, 3.63) is 29.8 Å². The van der Waals surface area contributed by atoms with Crippen LogP contribution in [0.15, 0.2) is 24.3 Å². The van der Waals surface area contributed by atoms with Crippen molar-refractivity contribution in [2.75, 3.05) is 20.1 Å². The van der Waals surface area contributed by atoms with E-state index in [4.69, 9.17) is 10.8 Å². The van der Waals surface area contributed by atoms with Crippen LogP contribution in [0.25, 0.3) is 0 Å². The normalized spacial score (nSPS) is 12.2. The maximum atomic E-state index is 11.9. The van der Waals surface area contributed by atoms with E-state index in [0.29, 0.717) is 18.7 Å². The Kier molecular flexibility index (Phi) is 4.31. The highest BCUT2D eigenvalue weighted by Crippen LogP contribution is 2.11. The van der Waals surface area contributed by atoms with E-state index in [9.17, 15) is 4.79 Å². The Labute approximate surface area is 95.7 Å². The number of nitrogens with two attached hydrogens (primary N) is 1. The van der Waals surface area contributed by atoms with E-state index in [-0.39, 0.29) is 17.6 Å². The van der Waals surface area contributed by atoms with E-state index >= 15 is 0 Å². The summed E-state index contributed by atoms with van der Waals surface area (Å²) in [5, 5.41) is 9.12. The molecule has 0 aromatic heterocycles. The molecule has 88 valence electrons. The van der Waals surface area contributed by atoms with Crippen molar-refractivity contribution in [2.24, 2.45) is 11.7 Å². The van der Waals surface area contributed by atoms with Crippen LogP contribution in [-0.4, -0.2) is 36.1 Å². The van der Waals surface area contributed by atoms with Crippen molar-refractivity contribution in [1.29, 1.82) is 0 Å². The van der Waals surface area contributed by atoms with Crippen LogP contribution in [0.1, 0.15) is 17.3 Å². The van der Waals surface area contributed by atoms with Gasteiger partial charge in [0.1, 0.15) is 5.75 Å². The Hall–Kier alpha value is -1.55. The van der Waals surface area contributed by atoms with Gasteiger partial charge in [0, 0.05) is 19.2 Å². The molecule has 0 aliphatic rings. The summed E-state index contributed by atoms with van der Waals surface area (Å²) in [5.74, 6) is 0.390. The van der Waals surface area contributed by atoms with Gasteiger partial charge in [-0.05, 0) is 36.7 Å². The maximum Gasteiger partial charge on any atom is 0.253 e. The molecule has 0 aliphatic heterocycles. The first-order valence-corrected chi connectivity index (χ1v) is 5.29. The van der Waals surface area contributed by atoms with Gasteiger partial charge in [-0.25, -0.2) is 0 Å². The van der Waals surface area contributed by atoms with Crippen LogP contribution in [0, 0.1) is 5.92 Å². The number of nitrogens with zero attached hydrogens (tertiary/aromatic N) is 1. The van der Waals surface area contributed by atoms with Gasteiger partial charge in [0.05, 0.1) is 0 Å². The molecule has 4 heteroatoms. The zero-order valence-electron chi connectivity index (χ0n) is 9.68. The summed E-state index contributed by atoms with van der Waals surface area (Å²) in [6.07, 6.45) is 0. The number of carbonyl (C=O) groups is 1. The zero-order valence-corrected chi connectivity index (χ0v) is 9.68. The highest BCUT2D eigenvalue weighted by atomic mass is 16.3. The van der Waals surface area contributed by atoms with Gasteiger partial charge in [0.15, 0.2) is 0 Å². The van der Waals surface area contributed by atoms with Crippen LogP contribution in [0.5, 0.6) is 5.75 Å². The number of hydrogen-bond acceptors (Lipinski definition) is 3. The molecule has 0 fully saturated rings. The Bertz CT molecular complexity index is 349. The lowest BCUT2D eigenvalue weighted by Crippen LogP contribution is -2.33. The van der Waals surface area contributed by atoms with Crippen molar-refractivity contribution < 1.29 is 9.90 Å². The molecule has 1 amide bonds. The second kappa shape index (κ2) is 5.51.